The van der Waals surface area contributed by atoms with Crippen LogP contribution >= 0.6 is 0 Å². The summed E-state index contributed by atoms with van der Waals surface area (Å²) in [6.45, 7) is 4.27. The van der Waals surface area contributed by atoms with Crippen LogP contribution in [0.2, 0.25) is 0 Å². The highest BCUT2D eigenvalue weighted by Crippen LogP contribution is 2.21. The van der Waals surface area contributed by atoms with Gasteiger partial charge in [-0.25, -0.2) is 0 Å². The van der Waals surface area contributed by atoms with E-state index in [0.717, 1.165) is 16.9 Å². The van der Waals surface area contributed by atoms with E-state index in [4.69, 9.17) is 9.47 Å². The minimum Gasteiger partial charge on any atom is -0.496 e. The number of aryl methyl sites for hydroxylation is 1. The Morgan fingerprint density at radius 3 is 2.61 bits per heavy atom. The van der Waals surface area contributed by atoms with Gasteiger partial charge in [0.1, 0.15) is 11.9 Å². The van der Waals surface area contributed by atoms with Gasteiger partial charge in [0, 0.05) is 26.3 Å². The largest absolute Gasteiger partial charge is 0.496 e. The fourth-order valence-corrected chi connectivity index (χ4v) is 1.78. The molecule has 1 aromatic rings. The molecule has 1 atom stereocenters. The first kappa shape index (κ1) is 14.5. The van der Waals surface area contributed by atoms with Crippen molar-refractivity contribution in [2.45, 2.75) is 26.5 Å². The Balaban J connectivity index is 2.83. The van der Waals surface area contributed by atoms with Gasteiger partial charge in [0.2, 0.25) is 0 Å². The van der Waals surface area contributed by atoms with E-state index in [9.17, 15) is 4.79 Å². The molecule has 1 rings (SSSR count). The van der Waals surface area contributed by atoms with Gasteiger partial charge in [-0.2, -0.15) is 0 Å². The summed E-state index contributed by atoms with van der Waals surface area (Å²) in [5.41, 5.74) is 2.14. The predicted octanol–water partition coefficient (Wildman–Crippen LogP) is 2.00. The van der Waals surface area contributed by atoms with Crippen LogP contribution in [-0.2, 0) is 16.1 Å². The summed E-state index contributed by atoms with van der Waals surface area (Å²) in [6.07, 6.45) is -0.425. The molecule has 0 saturated heterocycles. The lowest BCUT2D eigenvalue weighted by Crippen LogP contribution is -2.35. The Hall–Kier alpha value is -1.55. The maximum atomic E-state index is 11.9. The van der Waals surface area contributed by atoms with Gasteiger partial charge in [-0.15, -0.1) is 0 Å². The van der Waals surface area contributed by atoms with Gasteiger partial charge < -0.3 is 14.4 Å². The normalized spacial score (nSPS) is 12.1. The van der Waals surface area contributed by atoms with Gasteiger partial charge in [0.25, 0.3) is 5.91 Å². The molecule has 4 nitrogen and oxygen atoms in total. The van der Waals surface area contributed by atoms with Crippen molar-refractivity contribution in [3.63, 3.8) is 0 Å². The van der Waals surface area contributed by atoms with Gasteiger partial charge in [-0.05, 0) is 19.9 Å². The Bertz CT molecular complexity index is 418. The van der Waals surface area contributed by atoms with E-state index in [1.54, 1.807) is 26.0 Å². The summed E-state index contributed by atoms with van der Waals surface area (Å²) in [5.74, 6) is 0.756. The number of nitrogens with zero attached hydrogens (tertiary/aromatic N) is 1. The first-order chi connectivity index (χ1) is 8.49. The van der Waals surface area contributed by atoms with E-state index in [1.807, 2.05) is 25.1 Å². The fraction of sp³-hybridized carbons (Fsp3) is 0.500. The number of likely N-dealkylation sites (N-methyl/N-ethyl adjacent to an activating group) is 1. The Morgan fingerprint density at radius 2 is 2.06 bits per heavy atom. The van der Waals surface area contributed by atoms with Crippen LogP contribution in [0, 0.1) is 6.92 Å². The fourth-order valence-electron chi connectivity index (χ4n) is 1.78. The van der Waals surface area contributed by atoms with Crippen LogP contribution in [0.1, 0.15) is 18.1 Å². The standard InChI is InChI=1S/C14H21NO3/c1-10-6-7-13(18-5)12(8-10)9-15(3)14(16)11(2)17-4/h6-8,11H,9H2,1-5H3. The first-order valence-electron chi connectivity index (χ1n) is 5.91. The molecule has 0 fully saturated rings. The lowest BCUT2D eigenvalue weighted by Gasteiger charge is -2.21. The number of carbonyl (C=O) groups excluding carboxylic acids is 1. The second-order valence-corrected chi connectivity index (χ2v) is 4.39. The molecular formula is C14H21NO3. The van der Waals surface area contributed by atoms with Crippen LogP contribution in [0.5, 0.6) is 5.75 Å². The highest BCUT2D eigenvalue weighted by Gasteiger charge is 2.18. The minimum absolute atomic E-state index is 0.0407. The Labute approximate surface area is 108 Å². The van der Waals surface area contributed by atoms with E-state index in [2.05, 4.69) is 0 Å². The van der Waals surface area contributed by atoms with Gasteiger partial charge in [-0.3, -0.25) is 4.79 Å². The zero-order valence-electron chi connectivity index (χ0n) is 11.7. The van der Waals surface area contributed by atoms with Crippen molar-refractivity contribution >= 4 is 5.91 Å². The van der Waals surface area contributed by atoms with Crippen LogP contribution < -0.4 is 4.74 Å². The van der Waals surface area contributed by atoms with Crippen molar-refractivity contribution in [3.8, 4) is 5.75 Å². The number of methoxy groups -OCH3 is 2. The molecule has 0 saturated carbocycles. The second kappa shape index (κ2) is 6.40. The molecule has 100 valence electrons. The van der Waals surface area contributed by atoms with Crippen LogP contribution in [0.15, 0.2) is 18.2 Å². The topological polar surface area (TPSA) is 38.8 Å². The second-order valence-electron chi connectivity index (χ2n) is 4.39. The van der Waals surface area contributed by atoms with Gasteiger partial charge in [0.05, 0.1) is 7.11 Å². The molecule has 18 heavy (non-hydrogen) atoms. The molecule has 0 aliphatic heterocycles. The molecular weight excluding hydrogens is 230 g/mol. The third-order valence-electron chi connectivity index (χ3n) is 2.92. The first-order valence-corrected chi connectivity index (χ1v) is 5.91. The number of ether oxygens (including phenoxy) is 2. The van der Waals surface area contributed by atoms with E-state index >= 15 is 0 Å². The summed E-state index contributed by atoms with van der Waals surface area (Å²) in [4.78, 5) is 13.6. The molecule has 4 heteroatoms. The minimum atomic E-state index is -0.425. The highest BCUT2D eigenvalue weighted by atomic mass is 16.5. The SMILES string of the molecule is COc1ccc(C)cc1CN(C)C(=O)C(C)OC. The molecule has 0 bridgehead atoms. The van der Waals surface area contributed by atoms with Crippen molar-refractivity contribution in [2.24, 2.45) is 0 Å². The predicted molar refractivity (Wildman–Crippen MR) is 70.7 cm³/mol. The number of amides is 1. The Kier molecular flexibility index (Phi) is 5.16. The maximum Gasteiger partial charge on any atom is 0.251 e. The molecule has 1 aromatic carbocycles. The lowest BCUT2D eigenvalue weighted by atomic mass is 10.1. The van der Waals surface area contributed by atoms with Gasteiger partial charge in [0.15, 0.2) is 0 Å². The summed E-state index contributed by atoms with van der Waals surface area (Å²) in [7, 11) is 4.93. The molecule has 0 N–H and O–H groups in total. The smallest absolute Gasteiger partial charge is 0.251 e. The van der Waals surface area contributed by atoms with Crippen LogP contribution in [0.4, 0.5) is 0 Å². The lowest BCUT2D eigenvalue weighted by molar-refractivity contribution is -0.140. The van der Waals surface area contributed by atoms with Crippen molar-refractivity contribution in [1.29, 1.82) is 0 Å². The molecule has 0 radical (unpaired) electrons. The number of carbonyl (C=O) groups is 1. The molecule has 1 amide bonds. The molecule has 0 spiro atoms. The van der Waals surface area contributed by atoms with Crippen LogP contribution in [-0.4, -0.2) is 38.2 Å². The summed E-state index contributed by atoms with van der Waals surface area (Å²) in [6, 6.07) is 5.94. The number of rotatable bonds is 5. The van der Waals surface area contributed by atoms with Crippen molar-refractivity contribution in [3.05, 3.63) is 29.3 Å². The van der Waals surface area contributed by atoms with Crippen LogP contribution in [0.25, 0.3) is 0 Å². The van der Waals surface area contributed by atoms with Crippen molar-refractivity contribution in [1.82, 2.24) is 4.90 Å². The average molecular weight is 251 g/mol. The van der Waals surface area contributed by atoms with Crippen LogP contribution in [0.3, 0.4) is 0 Å². The third-order valence-corrected chi connectivity index (χ3v) is 2.92. The van der Waals surface area contributed by atoms with Gasteiger partial charge >= 0.3 is 0 Å². The maximum absolute atomic E-state index is 11.9. The van der Waals surface area contributed by atoms with Gasteiger partial charge in [-0.1, -0.05) is 17.7 Å². The van der Waals surface area contributed by atoms with E-state index < -0.39 is 6.10 Å². The third kappa shape index (κ3) is 3.47. The zero-order valence-corrected chi connectivity index (χ0v) is 11.7. The molecule has 1 unspecified atom stereocenters. The number of hydrogen-bond donors (Lipinski definition) is 0. The molecule has 0 aliphatic carbocycles. The van der Waals surface area contributed by atoms with Crippen molar-refractivity contribution in [2.75, 3.05) is 21.3 Å². The van der Waals surface area contributed by atoms with E-state index in [-0.39, 0.29) is 5.91 Å². The Morgan fingerprint density at radius 1 is 1.39 bits per heavy atom. The molecule has 0 aromatic heterocycles. The number of hydrogen-bond acceptors (Lipinski definition) is 3. The molecule has 0 heterocycles. The summed E-state index contributed by atoms with van der Waals surface area (Å²) in [5, 5.41) is 0. The average Bonchev–Trinajstić information content (AvgIpc) is 2.37. The highest BCUT2D eigenvalue weighted by molar-refractivity contribution is 5.80. The summed E-state index contributed by atoms with van der Waals surface area (Å²) < 4.78 is 10.3. The number of benzene rings is 1. The van der Waals surface area contributed by atoms with E-state index in [1.165, 1.54) is 7.11 Å². The quantitative estimate of drug-likeness (QED) is 0.803. The molecule has 0 aliphatic rings. The summed E-state index contributed by atoms with van der Waals surface area (Å²) >= 11 is 0. The van der Waals surface area contributed by atoms with Crippen molar-refractivity contribution < 1.29 is 14.3 Å². The zero-order chi connectivity index (χ0) is 13.7. The van der Waals surface area contributed by atoms with E-state index in [0.29, 0.717) is 6.54 Å². The monoisotopic (exact) mass is 251 g/mol.